The van der Waals surface area contributed by atoms with Crippen molar-refractivity contribution in [3.63, 3.8) is 0 Å². The number of nitrogens with one attached hydrogen (secondary N) is 1. The topological polar surface area (TPSA) is 58.4 Å². The van der Waals surface area contributed by atoms with Gasteiger partial charge in [0.1, 0.15) is 6.04 Å². The predicted molar refractivity (Wildman–Crippen MR) is 86.9 cm³/mol. The molecule has 1 rings (SSSR count). The van der Waals surface area contributed by atoms with Crippen molar-refractivity contribution in [3.8, 4) is 0 Å². The zero-order chi connectivity index (χ0) is 15.1. The highest BCUT2D eigenvalue weighted by Gasteiger charge is 2.18. The number of halogens is 2. The molecule has 1 aromatic carbocycles. The largest absolute Gasteiger partial charge is 0.368 e. The van der Waals surface area contributed by atoms with Crippen molar-refractivity contribution < 1.29 is 4.79 Å². The second-order valence-corrected chi connectivity index (χ2v) is 5.75. The number of hydrogen-bond donors (Lipinski definition) is 2. The van der Waals surface area contributed by atoms with E-state index in [1.54, 1.807) is 6.07 Å². The van der Waals surface area contributed by atoms with E-state index in [1.807, 2.05) is 12.1 Å². The van der Waals surface area contributed by atoms with Gasteiger partial charge in [-0.3, -0.25) is 4.79 Å². The highest BCUT2D eigenvalue weighted by atomic mass is 79.9. The number of nitrogens with zero attached hydrogens (tertiary/aromatic N) is 1. The third kappa shape index (κ3) is 5.05. The molecule has 0 spiro atoms. The summed E-state index contributed by atoms with van der Waals surface area (Å²) in [4.78, 5) is 13.9. The molecule has 0 saturated carbocycles. The molecule has 0 aliphatic rings. The average Bonchev–Trinajstić information content (AvgIpc) is 2.42. The lowest BCUT2D eigenvalue weighted by Crippen LogP contribution is -2.38. The first-order valence-corrected chi connectivity index (χ1v) is 7.86. The summed E-state index contributed by atoms with van der Waals surface area (Å²) >= 11 is 9.39. The fourth-order valence-corrected chi connectivity index (χ4v) is 2.42. The summed E-state index contributed by atoms with van der Waals surface area (Å²) in [7, 11) is 0. The minimum atomic E-state index is -0.517. The van der Waals surface area contributed by atoms with Crippen LogP contribution < -0.4 is 11.1 Å². The van der Waals surface area contributed by atoms with E-state index in [4.69, 9.17) is 17.3 Å². The fraction of sp³-hybridized carbons (Fsp3) is 0.500. The Bertz CT molecular complexity index is 452. The third-order valence-corrected chi connectivity index (χ3v) is 4.46. The SMILES string of the molecule is CCN(CC)CCNC(C(N)=O)c1ccc(Br)c(Cl)c1. The molecule has 3 N–H and O–H groups in total. The van der Waals surface area contributed by atoms with Crippen molar-refractivity contribution in [3.05, 3.63) is 33.3 Å². The first-order valence-electron chi connectivity index (χ1n) is 6.69. The first-order chi connectivity index (χ1) is 9.49. The Morgan fingerprint density at radius 2 is 2.10 bits per heavy atom. The standard InChI is InChI=1S/C14H21BrClN3O/c1-3-19(4-2)8-7-18-13(14(17)20)10-5-6-11(15)12(16)9-10/h5-6,9,13,18H,3-4,7-8H2,1-2H3,(H2,17,20). The van der Waals surface area contributed by atoms with E-state index in [9.17, 15) is 4.79 Å². The maximum absolute atomic E-state index is 11.6. The Balaban J connectivity index is 2.69. The number of primary amides is 1. The van der Waals surface area contributed by atoms with Gasteiger partial charge < -0.3 is 16.0 Å². The van der Waals surface area contributed by atoms with E-state index in [-0.39, 0.29) is 0 Å². The Kier molecular flexibility index (Phi) is 7.51. The highest BCUT2D eigenvalue weighted by molar-refractivity contribution is 9.10. The number of amides is 1. The molecule has 6 heteroatoms. The molecule has 1 aromatic rings. The molecule has 0 radical (unpaired) electrons. The molecule has 0 aliphatic heterocycles. The lowest BCUT2D eigenvalue weighted by atomic mass is 10.1. The van der Waals surface area contributed by atoms with Crippen LogP contribution in [0.5, 0.6) is 0 Å². The van der Waals surface area contributed by atoms with E-state index in [2.05, 4.69) is 40.0 Å². The minimum Gasteiger partial charge on any atom is -0.368 e. The van der Waals surface area contributed by atoms with Gasteiger partial charge >= 0.3 is 0 Å². The molecular formula is C14H21BrClN3O. The summed E-state index contributed by atoms with van der Waals surface area (Å²) in [5, 5.41) is 3.76. The lowest BCUT2D eigenvalue weighted by Gasteiger charge is -2.21. The van der Waals surface area contributed by atoms with E-state index >= 15 is 0 Å². The summed E-state index contributed by atoms with van der Waals surface area (Å²) in [5.41, 5.74) is 6.25. The number of likely N-dealkylation sites (N-methyl/N-ethyl adjacent to an activating group) is 1. The molecule has 0 heterocycles. The second-order valence-electron chi connectivity index (χ2n) is 4.49. The molecule has 1 unspecified atom stereocenters. The maximum Gasteiger partial charge on any atom is 0.239 e. The number of nitrogens with two attached hydrogens (primary N) is 1. The van der Waals surface area contributed by atoms with Gasteiger partial charge in [-0.05, 0) is 46.7 Å². The monoisotopic (exact) mass is 361 g/mol. The van der Waals surface area contributed by atoms with Crippen molar-refractivity contribution in [2.45, 2.75) is 19.9 Å². The van der Waals surface area contributed by atoms with Crippen LogP contribution in [0, 0.1) is 0 Å². The molecule has 20 heavy (non-hydrogen) atoms. The summed E-state index contributed by atoms with van der Waals surface area (Å²) in [6.45, 7) is 7.78. The van der Waals surface area contributed by atoms with Crippen molar-refractivity contribution >= 4 is 33.4 Å². The zero-order valence-corrected chi connectivity index (χ0v) is 14.2. The summed E-state index contributed by atoms with van der Waals surface area (Å²) in [5.74, 6) is -0.400. The van der Waals surface area contributed by atoms with E-state index in [1.165, 1.54) is 0 Å². The normalized spacial score (nSPS) is 12.7. The van der Waals surface area contributed by atoms with Crippen LogP contribution in [0.2, 0.25) is 5.02 Å². The van der Waals surface area contributed by atoms with Gasteiger partial charge in [0.15, 0.2) is 0 Å². The maximum atomic E-state index is 11.6. The number of benzene rings is 1. The van der Waals surface area contributed by atoms with Crippen LogP contribution in [0.3, 0.4) is 0 Å². The molecule has 112 valence electrons. The summed E-state index contributed by atoms with van der Waals surface area (Å²) < 4.78 is 0.800. The van der Waals surface area contributed by atoms with Crippen LogP contribution in [0.4, 0.5) is 0 Å². The van der Waals surface area contributed by atoms with Crippen LogP contribution in [-0.2, 0) is 4.79 Å². The van der Waals surface area contributed by atoms with Crippen LogP contribution in [0.1, 0.15) is 25.5 Å². The number of hydrogen-bond acceptors (Lipinski definition) is 3. The predicted octanol–water partition coefficient (Wildman–Crippen LogP) is 2.56. The van der Waals surface area contributed by atoms with Gasteiger partial charge in [0.2, 0.25) is 5.91 Å². The van der Waals surface area contributed by atoms with Gasteiger partial charge in [-0.15, -0.1) is 0 Å². The van der Waals surface area contributed by atoms with Gasteiger partial charge in [0.05, 0.1) is 5.02 Å². The van der Waals surface area contributed by atoms with Crippen LogP contribution >= 0.6 is 27.5 Å². The van der Waals surface area contributed by atoms with Crippen molar-refractivity contribution in [2.75, 3.05) is 26.2 Å². The van der Waals surface area contributed by atoms with E-state index in [0.717, 1.165) is 29.7 Å². The number of rotatable bonds is 8. The van der Waals surface area contributed by atoms with E-state index < -0.39 is 11.9 Å². The quantitative estimate of drug-likeness (QED) is 0.747. The lowest BCUT2D eigenvalue weighted by molar-refractivity contribution is -0.120. The summed E-state index contributed by atoms with van der Waals surface area (Å²) in [6.07, 6.45) is 0. The Morgan fingerprint density at radius 3 is 2.60 bits per heavy atom. The van der Waals surface area contributed by atoms with Crippen LogP contribution in [0.25, 0.3) is 0 Å². The summed E-state index contributed by atoms with van der Waals surface area (Å²) in [6, 6.07) is 4.90. The van der Waals surface area contributed by atoms with Gasteiger partial charge in [-0.1, -0.05) is 31.5 Å². The van der Waals surface area contributed by atoms with Gasteiger partial charge in [-0.2, -0.15) is 0 Å². The van der Waals surface area contributed by atoms with Gasteiger partial charge in [0.25, 0.3) is 0 Å². The molecule has 4 nitrogen and oxygen atoms in total. The number of carbonyl (C=O) groups is 1. The molecule has 1 amide bonds. The van der Waals surface area contributed by atoms with Gasteiger partial charge in [0, 0.05) is 17.6 Å². The van der Waals surface area contributed by atoms with Gasteiger partial charge in [-0.25, -0.2) is 0 Å². The Hall–Kier alpha value is -0.620. The Morgan fingerprint density at radius 1 is 1.45 bits per heavy atom. The average molecular weight is 363 g/mol. The molecule has 0 saturated heterocycles. The van der Waals surface area contributed by atoms with Crippen molar-refractivity contribution in [1.29, 1.82) is 0 Å². The van der Waals surface area contributed by atoms with Crippen molar-refractivity contribution in [2.24, 2.45) is 5.73 Å². The fourth-order valence-electron chi connectivity index (χ4n) is 1.98. The molecule has 0 aromatic heterocycles. The van der Waals surface area contributed by atoms with Crippen LogP contribution in [0.15, 0.2) is 22.7 Å². The molecule has 1 atom stereocenters. The number of carbonyl (C=O) groups excluding carboxylic acids is 1. The molecule has 0 bridgehead atoms. The van der Waals surface area contributed by atoms with E-state index in [0.29, 0.717) is 11.6 Å². The molecule has 0 fully saturated rings. The first kappa shape index (κ1) is 17.4. The van der Waals surface area contributed by atoms with Crippen molar-refractivity contribution in [1.82, 2.24) is 10.2 Å². The van der Waals surface area contributed by atoms with Crippen LogP contribution in [-0.4, -0.2) is 37.0 Å². The third-order valence-electron chi connectivity index (χ3n) is 3.23. The smallest absolute Gasteiger partial charge is 0.239 e. The molecule has 0 aliphatic carbocycles. The highest BCUT2D eigenvalue weighted by Crippen LogP contribution is 2.26. The minimum absolute atomic E-state index is 0.400. The Labute approximate surface area is 133 Å². The molecular weight excluding hydrogens is 342 g/mol. The zero-order valence-electron chi connectivity index (χ0n) is 11.8. The second kappa shape index (κ2) is 8.62.